The first kappa shape index (κ1) is 12.7. The van der Waals surface area contributed by atoms with Crippen molar-refractivity contribution in [2.75, 3.05) is 6.54 Å². The summed E-state index contributed by atoms with van der Waals surface area (Å²) in [6, 6.07) is 0.636. The molecule has 2 saturated carbocycles. The predicted molar refractivity (Wildman–Crippen MR) is 73.9 cm³/mol. The monoisotopic (exact) mass is 261 g/mol. The zero-order valence-electron chi connectivity index (χ0n) is 11.7. The van der Waals surface area contributed by atoms with E-state index in [9.17, 15) is 4.79 Å². The Morgan fingerprint density at radius 3 is 2.79 bits per heavy atom. The van der Waals surface area contributed by atoms with E-state index in [1.165, 1.54) is 31.4 Å². The van der Waals surface area contributed by atoms with Crippen molar-refractivity contribution in [2.45, 2.75) is 57.9 Å². The van der Waals surface area contributed by atoms with E-state index in [-0.39, 0.29) is 5.91 Å². The van der Waals surface area contributed by atoms with Crippen LogP contribution in [0.25, 0.3) is 0 Å². The van der Waals surface area contributed by atoms with Gasteiger partial charge in [-0.15, -0.1) is 0 Å². The summed E-state index contributed by atoms with van der Waals surface area (Å²) in [6.45, 7) is 2.86. The van der Waals surface area contributed by atoms with E-state index < -0.39 is 0 Å². The molecule has 1 heterocycles. The van der Waals surface area contributed by atoms with Gasteiger partial charge in [-0.05, 0) is 32.6 Å². The molecule has 4 nitrogen and oxygen atoms in total. The van der Waals surface area contributed by atoms with Crippen molar-refractivity contribution >= 4 is 5.91 Å². The largest absolute Gasteiger partial charge is 0.355 e. The van der Waals surface area contributed by atoms with Crippen LogP contribution in [-0.2, 0) is 11.2 Å². The molecule has 0 aromatic carbocycles. The lowest BCUT2D eigenvalue weighted by Crippen LogP contribution is -2.28. The summed E-state index contributed by atoms with van der Waals surface area (Å²) in [5.41, 5.74) is 1.26. The van der Waals surface area contributed by atoms with Gasteiger partial charge in [-0.25, -0.2) is 4.98 Å². The molecule has 0 saturated heterocycles. The van der Waals surface area contributed by atoms with E-state index in [4.69, 9.17) is 0 Å². The van der Waals surface area contributed by atoms with Gasteiger partial charge in [-0.2, -0.15) is 0 Å². The molecule has 0 unspecified atom stereocenters. The predicted octanol–water partition coefficient (Wildman–Crippen LogP) is 2.38. The van der Waals surface area contributed by atoms with Crippen LogP contribution in [0, 0.1) is 12.8 Å². The highest BCUT2D eigenvalue weighted by Gasteiger charge is 2.29. The third-order valence-electron chi connectivity index (χ3n) is 4.34. The SMILES string of the molecule is Cc1cnc(CCNC(=O)C2CC2)n1C1CCCC1. The van der Waals surface area contributed by atoms with Crippen LogP contribution in [0.2, 0.25) is 0 Å². The van der Waals surface area contributed by atoms with Crippen molar-refractivity contribution < 1.29 is 4.79 Å². The van der Waals surface area contributed by atoms with Crippen molar-refractivity contribution in [3.05, 3.63) is 17.7 Å². The maximum atomic E-state index is 11.6. The van der Waals surface area contributed by atoms with Gasteiger partial charge < -0.3 is 9.88 Å². The number of nitrogens with zero attached hydrogens (tertiary/aromatic N) is 2. The van der Waals surface area contributed by atoms with Crippen LogP contribution in [0.15, 0.2) is 6.20 Å². The average molecular weight is 261 g/mol. The van der Waals surface area contributed by atoms with E-state index in [0.29, 0.717) is 12.0 Å². The summed E-state index contributed by atoms with van der Waals surface area (Å²) < 4.78 is 2.40. The van der Waals surface area contributed by atoms with Gasteiger partial charge in [0.2, 0.25) is 5.91 Å². The Morgan fingerprint density at radius 2 is 2.11 bits per heavy atom. The molecule has 1 amide bonds. The van der Waals surface area contributed by atoms with Crippen LogP contribution in [0.3, 0.4) is 0 Å². The molecule has 2 aliphatic carbocycles. The van der Waals surface area contributed by atoms with Crippen molar-refractivity contribution in [1.82, 2.24) is 14.9 Å². The smallest absolute Gasteiger partial charge is 0.223 e. The number of hydrogen-bond donors (Lipinski definition) is 1. The number of rotatable bonds is 5. The van der Waals surface area contributed by atoms with Crippen LogP contribution in [0.5, 0.6) is 0 Å². The summed E-state index contributed by atoms with van der Waals surface area (Å²) in [5.74, 6) is 1.67. The second-order valence-electron chi connectivity index (χ2n) is 5.94. The molecular weight excluding hydrogens is 238 g/mol. The maximum absolute atomic E-state index is 11.6. The zero-order chi connectivity index (χ0) is 13.2. The summed E-state index contributed by atoms with van der Waals surface area (Å²) in [7, 11) is 0. The number of aromatic nitrogens is 2. The highest BCUT2D eigenvalue weighted by atomic mass is 16.2. The van der Waals surface area contributed by atoms with Gasteiger partial charge in [0.25, 0.3) is 0 Å². The Balaban J connectivity index is 1.58. The Morgan fingerprint density at radius 1 is 1.37 bits per heavy atom. The molecule has 104 valence electrons. The maximum Gasteiger partial charge on any atom is 0.223 e. The molecule has 0 bridgehead atoms. The standard InChI is InChI=1S/C15H23N3O/c1-11-10-17-14(18(11)13-4-2-3-5-13)8-9-16-15(19)12-6-7-12/h10,12-13H,2-9H2,1H3,(H,16,19). The summed E-state index contributed by atoms with van der Waals surface area (Å²) in [5, 5.41) is 3.03. The minimum absolute atomic E-state index is 0.232. The molecule has 19 heavy (non-hydrogen) atoms. The molecule has 2 aliphatic rings. The molecule has 0 radical (unpaired) electrons. The van der Waals surface area contributed by atoms with Gasteiger partial charge >= 0.3 is 0 Å². The fourth-order valence-electron chi connectivity index (χ4n) is 3.13. The molecule has 1 aromatic heterocycles. The first-order valence-corrected chi connectivity index (χ1v) is 7.56. The summed E-state index contributed by atoms with van der Waals surface area (Å²) in [4.78, 5) is 16.1. The fourth-order valence-corrected chi connectivity index (χ4v) is 3.13. The second-order valence-corrected chi connectivity index (χ2v) is 5.94. The molecule has 0 aliphatic heterocycles. The van der Waals surface area contributed by atoms with E-state index in [2.05, 4.69) is 21.8 Å². The summed E-state index contributed by atoms with van der Waals surface area (Å²) >= 11 is 0. The van der Waals surface area contributed by atoms with Gasteiger partial charge in [0, 0.05) is 36.8 Å². The van der Waals surface area contributed by atoms with Crippen molar-refractivity contribution in [1.29, 1.82) is 0 Å². The minimum atomic E-state index is 0.232. The lowest BCUT2D eigenvalue weighted by atomic mass is 10.2. The van der Waals surface area contributed by atoms with Crippen molar-refractivity contribution in [3.63, 3.8) is 0 Å². The minimum Gasteiger partial charge on any atom is -0.355 e. The average Bonchev–Trinajstić information content (AvgIpc) is 3.00. The van der Waals surface area contributed by atoms with Gasteiger partial charge in [0.15, 0.2) is 0 Å². The van der Waals surface area contributed by atoms with Gasteiger partial charge in [0.1, 0.15) is 5.82 Å². The number of amides is 1. The van der Waals surface area contributed by atoms with Gasteiger partial charge in [0.05, 0.1) is 0 Å². The first-order chi connectivity index (χ1) is 9.25. The Labute approximate surface area is 114 Å². The molecule has 4 heteroatoms. The highest BCUT2D eigenvalue weighted by molar-refractivity contribution is 5.80. The first-order valence-electron chi connectivity index (χ1n) is 7.56. The zero-order valence-corrected chi connectivity index (χ0v) is 11.7. The number of aryl methyl sites for hydroxylation is 1. The van der Waals surface area contributed by atoms with E-state index >= 15 is 0 Å². The van der Waals surface area contributed by atoms with E-state index in [1.807, 2.05) is 6.20 Å². The number of carbonyl (C=O) groups excluding carboxylic acids is 1. The topological polar surface area (TPSA) is 46.9 Å². The van der Waals surface area contributed by atoms with Crippen LogP contribution >= 0.6 is 0 Å². The van der Waals surface area contributed by atoms with Crippen molar-refractivity contribution in [3.8, 4) is 0 Å². The molecule has 0 atom stereocenters. The highest BCUT2D eigenvalue weighted by Crippen LogP contribution is 2.31. The number of carbonyl (C=O) groups is 1. The summed E-state index contributed by atoms with van der Waals surface area (Å²) in [6.07, 6.45) is 10.2. The molecule has 2 fully saturated rings. The molecule has 3 rings (SSSR count). The normalized spacial score (nSPS) is 19.8. The van der Waals surface area contributed by atoms with Crippen LogP contribution in [0.1, 0.15) is 56.1 Å². The van der Waals surface area contributed by atoms with E-state index in [0.717, 1.165) is 31.6 Å². The van der Waals surface area contributed by atoms with Crippen LogP contribution in [-0.4, -0.2) is 22.0 Å². The van der Waals surface area contributed by atoms with Gasteiger partial charge in [-0.1, -0.05) is 12.8 Å². The van der Waals surface area contributed by atoms with E-state index in [1.54, 1.807) is 0 Å². The number of nitrogens with one attached hydrogen (secondary N) is 1. The van der Waals surface area contributed by atoms with Crippen molar-refractivity contribution in [2.24, 2.45) is 5.92 Å². The third-order valence-corrected chi connectivity index (χ3v) is 4.34. The Hall–Kier alpha value is -1.32. The second kappa shape index (κ2) is 5.35. The lowest BCUT2D eigenvalue weighted by molar-refractivity contribution is -0.122. The molecule has 1 N–H and O–H groups in total. The van der Waals surface area contributed by atoms with Crippen LogP contribution in [0.4, 0.5) is 0 Å². The molecule has 1 aromatic rings. The Bertz CT molecular complexity index is 456. The fraction of sp³-hybridized carbons (Fsp3) is 0.733. The molecule has 0 spiro atoms. The number of hydrogen-bond acceptors (Lipinski definition) is 2. The van der Waals surface area contributed by atoms with Gasteiger partial charge in [-0.3, -0.25) is 4.79 Å². The number of imidazole rings is 1. The third kappa shape index (κ3) is 2.82. The van der Waals surface area contributed by atoms with Crippen LogP contribution < -0.4 is 5.32 Å². The quantitative estimate of drug-likeness (QED) is 0.884. The Kier molecular flexibility index (Phi) is 3.58. The molecular formula is C15H23N3O. The lowest BCUT2D eigenvalue weighted by Gasteiger charge is -2.17.